The molecule has 1 heterocycles. The number of furan rings is 1. The Hall–Kier alpha value is -4.58. The zero-order valence-electron chi connectivity index (χ0n) is 21.9. The van der Waals surface area contributed by atoms with Gasteiger partial charge in [-0.25, -0.2) is 10.2 Å². The molecule has 0 saturated heterocycles. The summed E-state index contributed by atoms with van der Waals surface area (Å²) in [7, 11) is 0. The van der Waals surface area contributed by atoms with Crippen molar-refractivity contribution in [3.05, 3.63) is 105 Å². The first-order valence-electron chi connectivity index (χ1n) is 12.7. The normalized spacial score (nSPS) is 13.3. The lowest BCUT2D eigenvalue weighted by Gasteiger charge is -2.13. The Morgan fingerprint density at radius 2 is 1.73 bits per heavy atom. The highest BCUT2D eigenvalue weighted by molar-refractivity contribution is 6.35. The average molecular weight is 588 g/mol. The fourth-order valence-corrected chi connectivity index (χ4v) is 4.94. The van der Waals surface area contributed by atoms with Gasteiger partial charge in [0.1, 0.15) is 17.3 Å². The average Bonchev–Trinajstić information content (AvgIpc) is 3.33. The molecule has 3 aromatic carbocycles. The van der Waals surface area contributed by atoms with E-state index in [0.717, 1.165) is 17.5 Å². The first-order valence-corrected chi connectivity index (χ1v) is 13.5. The van der Waals surface area contributed by atoms with Crippen LogP contribution in [0.4, 0.5) is 0 Å². The minimum absolute atomic E-state index is 0.0906. The summed E-state index contributed by atoms with van der Waals surface area (Å²) in [6, 6.07) is 21.1. The van der Waals surface area contributed by atoms with Crippen LogP contribution < -0.4 is 14.9 Å². The molecular weight excluding hydrogens is 565 g/mol. The van der Waals surface area contributed by atoms with Gasteiger partial charge in [0.25, 0.3) is 5.91 Å². The number of fused-ring (bicyclic) bond motifs is 1. The fraction of sp³-hybridized carbons (Fsp3) is 0.161. The molecule has 5 rings (SSSR count). The highest BCUT2D eigenvalue weighted by atomic mass is 35.5. The van der Waals surface area contributed by atoms with Crippen LogP contribution in [0.25, 0.3) is 11.1 Å². The number of nitriles is 1. The minimum Gasteiger partial charge on any atom is -0.482 e. The molecule has 0 unspecified atom stereocenters. The minimum atomic E-state index is -0.625. The lowest BCUT2D eigenvalue weighted by molar-refractivity contribution is -0.123. The van der Waals surface area contributed by atoms with E-state index in [1.54, 1.807) is 43.3 Å². The number of carbonyl (C=O) groups is 2. The van der Waals surface area contributed by atoms with Gasteiger partial charge in [0.15, 0.2) is 6.61 Å². The summed E-state index contributed by atoms with van der Waals surface area (Å²) in [5.41, 5.74) is 6.85. The third-order valence-electron chi connectivity index (χ3n) is 6.49. The molecule has 4 aromatic rings. The van der Waals surface area contributed by atoms with Crippen LogP contribution in [0.1, 0.15) is 45.8 Å². The van der Waals surface area contributed by atoms with Crippen LogP contribution in [0.5, 0.6) is 11.5 Å². The number of nitrogens with zero attached hydrogens (tertiary/aromatic N) is 2. The molecular formula is C31H23Cl2N3O5. The summed E-state index contributed by atoms with van der Waals surface area (Å²) in [5.74, 6) is 0.307. The summed E-state index contributed by atoms with van der Waals surface area (Å²) in [6.07, 6.45) is 1.98. The van der Waals surface area contributed by atoms with E-state index in [2.05, 4.69) is 16.6 Å². The summed E-state index contributed by atoms with van der Waals surface area (Å²) in [6.45, 7) is 1.47. The van der Waals surface area contributed by atoms with Crippen molar-refractivity contribution in [2.45, 2.75) is 26.2 Å². The Labute approximate surface area is 246 Å². The van der Waals surface area contributed by atoms with E-state index >= 15 is 0 Å². The second-order valence-electron chi connectivity index (χ2n) is 9.27. The Bertz CT molecular complexity index is 1690. The number of rotatable bonds is 7. The smallest absolute Gasteiger partial charge is 0.379 e. The van der Waals surface area contributed by atoms with Gasteiger partial charge in [-0.1, -0.05) is 47.5 Å². The Morgan fingerprint density at radius 3 is 2.41 bits per heavy atom. The number of hydrogen-bond donors (Lipinski definition) is 1. The molecule has 41 heavy (non-hydrogen) atoms. The van der Waals surface area contributed by atoms with Crippen molar-refractivity contribution in [1.29, 1.82) is 5.26 Å². The molecule has 0 atom stereocenters. The number of hydrogen-bond acceptors (Lipinski definition) is 7. The van der Waals surface area contributed by atoms with E-state index in [9.17, 15) is 9.59 Å². The SMILES string of the molecule is Cc1c(C(=O)Oc2ccc(-c3ccc(C#N)cc3)cc2)oc2c1/C(=N/NC(=O)COc1ccc(Cl)cc1Cl)CCC2. The van der Waals surface area contributed by atoms with E-state index in [0.29, 0.717) is 62.5 Å². The predicted molar refractivity (Wildman–Crippen MR) is 155 cm³/mol. The maximum absolute atomic E-state index is 13.0. The van der Waals surface area contributed by atoms with Crippen LogP contribution in [-0.2, 0) is 11.2 Å². The van der Waals surface area contributed by atoms with Gasteiger partial charge >= 0.3 is 5.97 Å². The maximum Gasteiger partial charge on any atom is 0.379 e. The van der Waals surface area contributed by atoms with E-state index < -0.39 is 11.9 Å². The Balaban J connectivity index is 1.24. The zero-order chi connectivity index (χ0) is 28.9. The molecule has 10 heteroatoms. The van der Waals surface area contributed by atoms with Crippen LogP contribution in [0.3, 0.4) is 0 Å². The molecule has 1 aromatic heterocycles. The topological polar surface area (TPSA) is 114 Å². The lowest BCUT2D eigenvalue weighted by Crippen LogP contribution is -2.27. The molecule has 1 aliphatic carbocycles. The van der Waals surface area contributed by atoms with Crippen molar-refractivity contribution >= 4 is 40.8 Å². The van der Waals surface area contributed by atoms with Crippen LogP contribution in [0.2, 0.25) is 10.0 Å². The first kappa shape index (κ1) is 28.0. The van der Waals surface area contributed by atoms with Crippen molar-refractivity contribution in [2.75, 3.05) is 6.61 Å². The largest absolute Gasteiger partial charge is 0.482 e. The molecule has 1 aliphatic rings. The number of carbonyl (C=O) groups excluding carboxylic acids is 2. The van der Waals surface area contributed by atoms with Gasteiger partial charge in [-0.15, -0.1) is 0 Å². The highest BCUT2D eigenvalue weighted by Crippen LogP contribution is 2.31. The van der Waals surface area contributed by atoms with Gasteiger partial charge in [-0.2, -0.15) is 10.4 Å². The molecule has 1 N–H and O–H groups in total. The van der Waals surface area contributed by atoms with Gasteiger partial charge < -0.3 is 13.9 Å². The standard InChI is InChI=1S/C31H23Cl2N3O5/c1-18-29-25(35-36-28(37)17-39-26-14-11-22(32)15-24(26)33)3-2-4-27(29)41-30(18)31(38)40-23-12-9-21(10-13-23)20-7-5-19(16-34)6-8-20/h5-15H,2-4,17H2,1H3,(H,36,37)/b35-25+. The number of esters is 1. The summed E-state index contributed by atoms with van der Waals surface area (Å²) < 4.78 is 17.0. The molecule has 0 saturated carbocycles. The van der Waals surface area contributed by atoms with Crippen molar-refractivity contribution in [1.82, 2.24) is 5.43 Å². The van der Waals surface area contributed by atoms with Gasteiger partial charge in [0, 0.05) is 22.6 Å². The van der Waals surface area contributed by atoms with Crippen LogP contribution in [0.15, 0.2) is 76.2 Å². The number of ether oxygens (including phenoxy) is 2. The van der Waals surface area contributed by atoms with Crippen LogP contribution >= 0.6 is 23.2 Å². The second-order valence-corrected chi connectivity index (χ2v) is 10.1. The van der Waals surface area contributed by atoms with Crippen molar-refractivity contribution in [2.24, 2.45) is 5.10 Å². The molecule has 0 spiro atoms. The third kappa shape index (κ3) is 6.43. The third-order valence-corrected chi connectivity index (χ3v) is 7.02. The van der Waals surface area contributed by atoms with Gasteiger partial charge in [-0.3, -0.25) is 4.79 Å². The molecule has 0 radical (unpaired) electrons. The van der Waals surface area contributed by atoms with Crippen LogP contribution in [-0.4, -0.2) is 24.2 Å². The first-order chi connectivity index (χ1) is 19.8. The molecule has 0 aliphatic heterocycles. The molecule has 206 valence electrons. The number of halogens is 2. The number of amides is 1. The highest BCUT2D eigenvalue weighted by Gasteiger charge is 2.29. The lowest BCUT2D eigenvalue weighted by atomic mass is 9.93. The van der Waals surface area contributed by atoms with E-state index in [1.807, 2.05) is 24.3 Å². The van der Waals surface area contributed by atoms with Crippen LogP contribution in [0, 0.1) is 18.3 Å². The number of hydrazone groups is 1. The number of benzene rings is 3. The van der Waals surface area contributed by atoms with E-state index in [1.165, 1.54) is 6.07 Å². The molecule has 8 nitrogen and oxygen atoms in total. The molecule has 1 amide bonds. The predicted octanol–water partition coefficient (Wildman–Crippen LogP) is 6.89. The summed E-state index contributed by atoms with van der Waals surface area (Å²) in [5, 5.41) is 14.0. The monoisotopic (exact) mass is 587 g/mol. The van der Waals surface area contributed by atoms with Crippen molar-refractivity contribution in [3.63, 3.8) is 0 Å². The van der Waals surface area contributed by atoms with E-state index in [4.69, 9.17) is 42.4 Å². The Morgan fingerprint density at radius 1 is 1.02 bits per heavy atom. The summed E-state index contributed by atoms with van der Waals surface area (Å²) >= 11 is 12.0. The van der Waals surface area contributed by atoms with Gasteiger partial charge in [-0.05, 0) is 73.4 Å². The van der Waals surface area contributed by atoms with Crippen molar-refractivity contribution < 1.29 is 23.5 Å². The quantitative estimate of drug-likeness (QED) is 0.143. The Kier molecular flexibility index (Phi) is 8.39. The molecule has 0 bridgehead atoms. The van der Waals surface area contributed by atoms with Gasteiger partial charge in [0.05, 0.1) is 22.4 Å². The van der Waals surface area contributed by atoms with E-state index in [-0.39, 0.29) is 12.4 Å². The number of aryl methyl sites for hydroxylation is 1. The zero-order valence-corrected chi connectivity index (χ0v) is 23.4. The van der Waals surface area contributed by atoms with Gasteiger partial charge in [0.2, 0.25) is 5.76 Å². The van der Waals surface area contributed by atoms with Crippen molar-refractivity contribution in [3.8, 4) is 28.7 Å². The second kappa shape index (κ2) is 12.3. The number of nitrogens with one attached hydrogen (secondary N) is 1. The fourth-order valence-electron chi connectivity index (χ4n) is 4.48. The summed E-state index contributed by atoms with van der Waals surface area (Å²) in [4.78, 5) is 25.4. The maximum atomic E-state index is 13.0. The molecule has 0 fully saturated rings.